The highest BCUT2D eigenvalue weighted by molar-refractivity contribution is 9.11. The monoisotopic (exact) mass is 333 g/mol. The molecule has 0 spiro atoms. The summed E-state index contributed by atoms with van der Waals surface area (Å²) < 4.78 is 14.2. The Kier molecular flexibility index (Phi) is 3.88. The fourth-order valence-corrected chi connectivity index (χ4v) is 3.37. The van der Waals surface area contributed by atoms with Crippen LogP contribution in [0.2, 0.25) is 5.02 Å². The molecule has 0 bridgehead atoms. The highest BCUT2D eigenvalue weighted by Crippen LogP contribution is 2.35. The highest BCUT2D eigenvalue weighted by atomic mass is 79.9. The number of thiophene rings is 1. The van der Waals surface area contributed by atoms with E-state index in [1.165, 1.54) is 18.2 Å². The van der Waals surface area contributed by atoms with E-state index in [2.05, 4.69) is 15.9 Å². The first-order chi connectivity index (χ1) is 7.99. The molecule has 2 aromatic rings. The zero-order valence-corrected chi connectivity index (χ0v) is 12.2. The van der Waals surface area contributed by atoms with Crippen LogP contribution in [0.1, 0.15) is 22.0 Å². The zero-order chi connectivity index (χ0) is 12.6. The molecule has 1 heterocycles. The molecule has 0 amide bonds. The van der Waals surface area contributed by atoms with Crippen LogP contribution in [0.3, 0.4) is 0 Å². The van der Waals surface area contributed by atoms with Crippen molar-refractivity contribution in [3.8, 4) is 0 Å². The van der Waals surface area contributed by atoms with Crippen LogP contribution in [0.15, 0.2) is 28.1 Å². The van der Waals surface area contributed by atoms with Crippen molar-refractivity contribution in [1.82, 2.24) is 0 Å². The first kappa shape index (κ1) is 13.0. The third kappa shape index (κ3) is 2.71. The molecule has 0 radical (unpaired) electrons. The fraction of sp³-hybridized carbons (Fsp3) is 0.167. The van der Waals surface area contributed by atoms with Gasteiger partial charge in [0, 0.05) is 9.90 Å². The summed E-state index contributed by atoms with van der Waals surface area (Å²) in [5.74, 6) is -0.327. The SMILES string of the molecule is Cc1cc(C(N)c2cc(F)ccc2Cl)sc1Br. The van der Waals surface area contributed by atoms with Gasteiger partial charge in [-0.3, -0.25) is 0 Å². The lowest BCUT2D eigenvalue weighted by Gasteiger charge is -2.11. The van der Waals surface area contributed by atoms with Gasteiger partial charge >= 0.3 is 0 Å². The summed E-state index contributed by atoms with van der Waals surface area (Å²) in [7, 11) is 0. The number of benzene rings is 1. The summed E-state index contributed by atoms with van der Waals surface area (Å²) in [5.41, 5.74) is 7.84. The van der Waals surface area contributed by atoms with Gasteiger partial charge in [-0.2, -0.15) is 0 Å². The van der Waals surface area contributed by atoms with Crippen LogP contribution in [0, 0.1) is 12.7 Å². The average molecular weight is 335 g/mol. The predicted octanol–water partition coefficient (Wildman–Crippen LogP) is 4.66. The van der Waals surface area contributed by atoms with Crippen molar-refractivity contribution in [2.24, 2.45) is 5.73 Å². The minimum Gasteiger partial charge on any atom is -0.320 e. The number of nitrogens with two attached hydrogens (primary N) is 1. The van der Waals surface area contributed by atoms with E-state index in [1.807, 2.05) is 13.0 Å². The van der Waals surface area contributed by atoms with E-state index in [0.29, 0.717) is 10.6 Å². The van der Waals surface area contributed by atoms with E-state index >= 15 is 0 Å². The fourth-order valence-electron chi connectivity index (χ4n) is 1.54. The number of hydrogen-bond acceptors (Lipinski definition) is 2. The minimum atomic E-state index is -0.395. The second kappa shape index (κ2) is 5.06. The molecule has 1 aromatic carbocycles. The second-order valence-electron chi connectivity index (χ2n) is 3.75. The second-order valence-corrected chi connectivity index (χ2v) is 6.56. The van der Waals surface area contributed by atoms with Crippen molar-refractivity contribution in [2.45, 2.75) is 13.0 Å². The Balaban J connectivity index is 2.42. The van der Waals surface area contributed by atoms with Crippen LogP contribution in [0.4, 0.5) is 4.39 Å². The van der Waals surface area contributed by atoms with Gasteiger partial charge in [-0.05, 0) is 58.2 Å². The Morgan fingerprint density at radius 1 is 1.41 bits per heavy atom. The first-order valence-electron chi connectivity index (χ1n) is 4.95. The lowest BCUT2D eigenvalue weighted by Crippen LogP contribution is -2.11. The summed E-state index contributed by atoms with van der Waals surface area (Å²) in [6.45, 7) is 1.99. The predicted molar refractivity (Wildman–Crippen MR) is 74.2 cm³/mol. The van der Waals surface area contributed by atoms with Gasteiger partial charge in [0.05, 0.1) is 9.83 Å². The summed E-state index contributed by atoms with van der Waals surface area (Å²) in [6, 6.07) is 5.83. The number of rotatable bonds is 2. The summed E-state index contributed by atoms with van der Waals surface area (Å²) in [5, 5.41) is 0.487. The van der Waals surface area contributed by atoms with Crippen LogP contribution in [-0.2, 0) is 0 Å². The summed E-state index contributed by atoms with van der Waals surface area (Å²) >= 11 is 11.0. The molecule has 1 aromatic heterocycles. The average Bonchev–Trinajstić information content (AvgIpc) is 2.62. The maximum atomic E-state index is 13.2. The maximum absolute atomic E-state index is 13.2. The van der Waals surface area contributed by atoms with Crippen LogP contribution in [0.5, 0.6) is 0 Å². The Bertz CT molecular complexity index is 536. The van der Waals surface area contributed by atoms with Gasteiger partial charge in [0.15, 0.2) is 0 Å². The molecule has 1 nitrogen and oxygen atoms in total. The van der Waals surface area contributed by atoms with E-state index < -0.39 is 6.04 Å². The van der Waals surface area contributed by atoms with Crippen molar-refractivity contribution < 1.29 is 4.39 Å². The van der Waals surface area contributed by atoms with Gasteiger partial charge in [0.2, 0.25) is 0 Å². The molecule has 17 heavy (non-hydrogen) atoms. The van der Waals surface area contributed by atoms with Crippen molar-refractivity contribution in [3.63, 3.8) is 0 Å². The molecule has 0 fully saturated rings. The van der Waals surface area contributed by atoms with Crippen LogP contribution in [0.25, 0.3) is 0 Å². The van der Waals surface area contributed by atoms with E-state index in [-0.39, 0.29) is 5.82 Å². The number of hydrogen-bond donors (Lipinski definition) is 1. The van der Waals surface area contributed by atoms with Gasteiger partial charge < -0.3 is 5.73 Å². The summed E-state index contributed by atoms with van der Waals surface area (Å²) in [6.07, 6.45) is 0. The van der Waals surface area contributed by atoms with Gasteiger partial charge in [-0.1, -0.05) is 11.6 Å². The summed E-state index contributed by atoms with van der Waals surface area (Å²) in [4.78, 5) is 0.960. The third-order valence-electron chi connectivity index (χ3n) is 2.48. The Morgan fingerprint density at radius 2 is 2.12 bits per heavy atom. The lowest BCUT2D eigenvalue weighted by molar-refractivity contribution is 0.624. The molecule has 5 heteroatoms. The van der Waals surface area contributed by atoms with Crippen molar-refractivity contribution in [2.75, 3.05) is 0 Å². The molecular formula is C12H10BrClFNS. The van der Waals surface area contributed by atoms with Gasteiger partial charge in [-0.15, -0.1) is 11.3 Å². The van der Waals surface area contributed by atoms with E-state index in [1.54, 1.807) is 11.3 Å². The van der Waals surface area contributed by atoms with Crippen molar-refractivity contribution in [1.29, 1.82) is 0 Å². The smallest absolute Gasteiger partial charge is 0.123 e. The third-order valence-corrected chi connectivity index (χ3v) is 5.04. The Labute approximate surface area is 117 Å². The largest absolute Gasteiger partial charge is 0.320 e. The van der Waals surface area contributed by atoms with Crippen LogP contribution < -0.4 is 5.73 Å². The molecule has 2 N–H and O–H groups in total. The van der Waals surface area contributed by atoms with E-state index in [9.17, 15) is 4.39 Å². The molecule has 1 atom stereocenters. The topological polar surface area (TPSA) is 26.0 Å². The minimum absolute atomic E-state index is 0.327. The molecule has 2 rings (SSSR count). The van der Waals surface area contributed by atoms with Crippen LogP contribution >= 0.6 is 38.9 Å². The molecule has 0 aliphatic carbocycles. The van der Waals surface area contributed by atoms with Crippen molar-refractivity contribution in [3.05, 3.63) is 54.9 Å². The van der Waals surface area contributed by atoms with Crippen molar-refractivity contribution >= 4 is 38.9 Å². The first-order valence-corrected chi connectivity index (χ1v) is 6.94. The zero-order valence-electron chi connectivity index (χ0n) is 9.01. The number of halogens is 3. The standard InChI is InChI=1S/C12H10BrClFNS/c1-6-4-10(17-12(6)13)11(16)8-5-7(15)2-3-9(8)14/h2-5,11H,16H2,1H3. The van der Waals surface area contributed by atoms with Gasteiger partial charge in [-0.25, -0.2) is 4.39 Å². The molecule has 1 unspecified atom stereocenters. The Hall–Kier alpha value is -0.420. The van der Waals surface area contributed by atoms with Gasteiger partial charge in [0.25, 0.3) is 0 Å². The molecule has 0 saturated carbocycles. The normalized spacial score (nSPS) is 12.8. The Morgan fingerprint density at radius 3 is 2.71 bits per heavy atom. The highest BCUT2D eigenvalue weighted by Gasteiger charge is 2.16. The van der Waals surface area contributed by atoms with E-state index in [0.717, 1.165) is 14.2 Å². The van der Waals surface area contributed by atoms with Gasteiger partial charge in [0.1, 0.15) is 5.82 Å². The number of aryl methyl sites for hydroxylation is 1. The molecule has 0 aliphatic rings. The van der Waals surface area contributed by atoms with Crippen LogP contribution in [-0.4, -0.2) is 0 Å². The quantitative estimate of drug-likeness (QED) is 0.849. The lowest BCUT2D eigenvalue weighted by atomic mass is 10.1. The molecule has 0 saturated heterocycles. The molecule has 0 aliphatic heterocycles. The molecular weight excluding hydrogens is 325 g/mol. The maximum Gasteiger partial charge on any atom is 0.123 e. The van der Waals surface area contributed by atoms with E-state index in [4.69, 9.17) is 17.3 Å². The molecule has 90 valence electrons.